The Balaban J connectivity index is 2.63. The molecule has 3 nitrogen and oxygen atoms in total. The van der Waals surface area contributed by atoms with Crippen LogP contribution in [0.25, 0.3) is 0 Å². The molecule has 18 heavy (non-hydrogen) atoms. The summed E-state index contributed by atoms with van der Waals surface area (Å²) in [4.78, 5) is 12.2. The minimum atomic E-state index is -1.09. The minimum Gasteiger partial charge on any atom is -0.385 e. The molecular formula is C15H24O3. The molecule has 0 saturated heterocycles. The van der Waals surface area contributed by atoms with Crippen LogP contribution in [0.15, 0.2) is 11.1 Å². The first-order valence-electron chi connectivity index (χ1n) is 6.72. The Morgan fingerprint density at radius 3 is 2.17 bits per heavy atom. The summed E-state index contributed by atoms with van der Waals surface area (Å²) in [5.41, 5.74) is -0.990. The predicted octanol–water partition coefficient (Wildman–Crippen LogP) is 2.21. The lowest BCUT2D eigenvalue weighted by Gasteiger charge is -2.45. The third-order valence-corrected chi connectivity index (χ3v) is 4.53. The van der Waals surface area contributed by atoms with E-state index in [2.05, 4.69) is 13.8 Å². The first-order valence-corrected chi connectivity index (χ1v) is 6.72. The second kappa shape index (κ2) is 3.67. The molecule has 2 atom stereocenters. The third kappa shape index (κ3) is 1.84. The fourth-order valence-electron chi connectivity index (χ4n) is 3.58. The first-order chi connectivity index (χ1) is 8.00. The van der Waals surface area contributed by atoms with Crippen LogP contribution >= 0.6 is 0 Å². The summed E-state index contributed by atoms with van der Waals surface area (Å²) in [7, 11) is 0. The quantitative estimate of drug-likeness (QED) is 0.752. The van der Waals surface area contributed by atoms with Gasteiger partial charge in [0.1, 0.15) is 0 Å². The topological polar surface area (TPSA) is 57.5 Å². The van der Waals surface area contributed by atoms with Crippen LogP contribution in [0.5, 0.6) is 0 Å². The van der Waals surface area contributed by atoms with Crippen LogP contribution in [0.4, 0.5) is 0 Å². The highest BCUT2D eigenvalue weighted by Gasteiger charge is 2.55. The molecule has 0 aromatic rings. The first kappa shape index (κ1) is 13.8. The molecule has 0 bridgehead atoms. The number of carbonyl (C=O) groups excluding carboxylic acids is 1. The van der Waals surface area contributed by atoms with Gasteiger partial charge in [0.05, 0.1) is 11.2 Å². The molecule has 0 amide bonds. The lowest BCUT2D eigenvalue weighted by atomic mass is 9.63. The maximum Gasteiger partial charge on any atom is 0.165 e. The fraction of sp³-hybridized carbons (Fsp3) is 0.800. The normalized spacial score (nSPS) is 39.4. The van der Waals surface area contributed by atoms with Crippen LogP contribution in [-0.2, 0) is 4.79 Å². The number of aliphatic hydroxyl groups is 2. The summed E-state index contributed by atoms with van der Waals surface area (Å²) in [5.74, 6) is -0.110. The highest BCUT2D eigenvalue weighted by molar-refractivity contribution is 6.02. The van der Waals surface area contributed by atoms with Gasteiger partial charge in [0.2, 0.25) is 0 Å². The van der Waals surface area contributed by atoms with E-state index < -0.39 is 11.2 Å². The largest absolute Gasteiger partial charge is 0.385 e. The van der Waals surface area contributed by atoms with Crippen LogP contribution in [0, 0.1) is 11.3 Å². The zero-order valence-corrected chi connectivity index (χ0v) is 12.0. The molecule has 2 N–H and O–H groups in total. The summed E-state index contributed by atoms with van der Waals surface area (Å²) in [5, 5.41) is 21.4. The van der Waals surface area contributed by atoms with Crippen LogP contribution in [0.3, 0.4) is 0 Å². The number of ketones is 1. The Bertz CT molecular complexity index is 429. The van der Waals surface area contributed by atoms with Gasteiger partial charge in [0, 0.05) is 12.0 Å². The molecule has 0 aliphatic heterocycles. The Kier molecular flexibility index (Phi) is 2.81. The van der Waals surface area contributed by atoms with E-state index in [4.69, 9.17) is 0 Å². The van der Waals surface area contributed by atoms with Crippen molar-refractivity contribution in [3.63, 3.8) is 0 Å². The van der Waals surface area contributed by atoms with Gasteiger partial charge >= 0.3 is 0 Å². The molecular weight excluding hydrogens is 228 g/mol. The Morgan fingerprint density at radius 1 is 1.11 bits per heavy atom. The SMILES string of the molecule is CC(C)[C@@]1(O)CC(C)(C)CC2=C1C(=O)C[C@@]2(C)O. The van der Waals surface area contributed by atoms with Gasteiger partial charge in [-0.1, -0.05) is 27.7 Å². The van der Waals surface area contributed by atoms with Crippen molar-refractivity contribution in [2.75, 3.05) is 0 Å². The van der Waals surface area contributed by atoms with E-state index in [0.29, 0.717) is 18.4 Å². The molecule has 0 heterocycles. The average Bonchev–Trinajstić information content (AvgIpc) is 2.34. The van der Waals surface area contributed by atoms with E-state index in [-0.39, 0.29) is 23.5 Å². The average molecular weight is 252 g/mol. The summed E-state index contributed by atoms with van der Waals surface area (Å²) in [6.07, 6.45) is 1.39. The van der Waals surface area contributed by atoms with Crippen LogP contribution < -0.4 is 0 Å². The highest BCUT2D eigenvalue weighted by Crippen LogP contribution is 2.54. The maximum absolute atomic E-state index is 12.2. The van der Waals surface area contributed by atoms with Gasteiger partial charge in [0.15, 0.2) is 5.78 Å². The van der Waals surface area contributed by atoms with E-state index in [9.17, 15) is 15.0 Å². The molecule has 3 heteroatoms. The lowest BCUT2D eigenvalue weighted by Crippen LogP contribution is -2.47. The van der Waals surface area contributed by atoms with Gasteiger partial charge in [-0.2, -0.15) is 0 Å². The van der Waals surface area contributed by atoms with Crippen molar-refractivity contribution in [1.82, 2.24) is 0 Å². The molecule has 0 aromatic heterocycles. The van der Waals surface area contributed by atoms with Crippen LogP contribution in [-0.4, -0.2) is 27.2 Å². The summed E-state index contributed by atoms with van der Waals surface area (Å²) >= 11 is 0. The van der Waals surface area contributed by atoms with Crippen molar-refractivity contribution < 1.29 is 15.0 Å². The van der Waals surface area contributed by atoms with Crippen molar-refractivity contribution in [2.24, 2.45) is 11.3 Å². The van der Waals surface area contributed by atoms with Crippen molar-refractivity contribution in [3.8, 4) is 0 Å². The maximum atomic E-state index is 12.2. The molecule has 2 aliphatic carbocycles. The van der Waals surface area contributed by atoms with Gasteiger partial charge in [-0.15, -0.1) is 0 Å². The van der Waals surface area contributed by atoms with Gasteiger partial charge in [-0.05, 0) is 36.7 Å². The molecule has 0 radical (unpaired) electrons. The molecule has 0 spiro atoms. The van der Waals surface area contributed by atoms with Gasteiger partial charge < -0.3 is 10.2 Å². The van der Waals surface area contributed by atoms with Crippen molar-refractivity contribution in [2.45, 2.75) is 65.1 Å². The summed E-state index contributed by atoms with van der Waals surface area (Å²) in [6, 6.07) is 0. The van der Waals surface area contributed by atoms with Crippen molar-refractivity contribution in [3.05, 3.63) is 11.1 Å². The molecule has 0 unspecified atom stereocenters. The molecule has 0 saturated carbocycles. The molecule has 2 rings (SSSR count). The van der Waals surface area contributed by atoms with Crippen LogP contribution in [0.2, 0.25) is 0 Å². The molecule has 0 fully saturated rings. The van der Waals surface area contributed by atoms with Gasteiger partial charge in [-0.25, -0.2) is 0 Å². The number of carbonyl (C=O) groups is 1. The van der Waals surface area contributed by atoms with E-state index in [1.165, 1.54) is 0 Å². The van der Waals surface area contributed by atoms with E-state index in [1.807, 2.05) is 13.8 Å². The van der Waals surface area contributed by atoms with Gasteiger partial charge in [0.25, 0.3) is 0 Å². The van der Waals surface area contributed by atoms with Crippen molar-refractivity contribution >= 4 is 5.78 Å². The number of rotatable bonds is 1. The van der Waals surface area contributed by atoms with Gasteiger partial charge in [-0.3, -0.25) is 4.79 Å². The number of hydrogen-bond donors (Lipinski definition) is 2. The summed E-state index contributed by atoms with van der Waals surface area (Å²) in [6.45, 7) is 9.74. The highest BCUT2D eigenvalue weighted by atomic mass is 16.3. The molecule has 102 valence electrons. The Hall–Kier alpha value is -0.670. The Labute approximate surface area is 109 Å². The zero-order chi connectivity index (χ0) is 13.9. The monoisotopic (exact) mass is 252 g/mol. The zero-order valence-electron chi connectivity index (χ0n) is 12.0. The van der Waals surface area contributed by atoms with E-state index >= 15 is 0 Å². The smallest absolute Gasteiger partial charge is 0.165 e. The predicted molar refractivity (Wildman–Crippen MR) is 70.1 cm³/mol. The standard InChI is InChI=1S/C15H24O3/c1-9(2)15(18)8-13(3,4)6-10-12(15)11(16)7-14(10,5)17/h9,17-18H,6-8H2,1-5H3/t14-,15+/m1/s1. The van der Waals surface area contributed by atoms with E-state index in [0.717, 1.165) is 5.57 Å². The second-order valence-corrected chi connectivity index (χ2v) is 7.32. The minimum absolute atomic E-state index is 0.0278. The second-order valence-electron chi connectivity index (χ2n) is 7.32. The molecule has 0 aromatic carbocycles. The lowest BCUT2D eigenvalue weighted by molar-refractivity contribution is -0.120. The fourth-order valence-corrected chi connectivity index (χ4v) is 3.58. The Morgan fingerprint density at radius 2 is 1.67 bits per heavy atom. The third-order valence-electron chi connectivity index (χ3n) is 4.53. The summed E-state index contributed by atoms with van der Waals surface area (Å²) < 4.78 is 0. The van der Waals surface area contributed by atoms with Crippen LogP contribution in [0.1, 0.15) is 53.9 Å². The molecule has 2 aliphatic rings. The van der Waals surface area contributed by atoms with Crippen molar-refractivity contribution in [1.29, 1.82) is 0 Å². The van der Waals surface area contributed by atoms with E-state index in [1.54, 1.807) is 6.92 Å². The number of Topliss-reactive ketones (excluding diaryl/α,β-unsaturated/α-hetero) is 1. The number of hydrogen-bond acceptors (Lipinski definition) is 3.